The van der Waals surface area contributed by atoms with Gasteiger partial charge in [-0.15, -0.1) is 12.4 Å². The molecule has 1 atom stereocenters. The Morgan fingerprint density at radius 1 is 1.59 bits per heavy atom. The molecule has 0 saturated carbocycles. The molecule has 0 bridgehead atoms. The Bertz CT molecular complexity index is 370. The summed E-state index contributed by atoms with van der Waals surface area (Å²) in [5, 5.41) is 6.96. The van der Waals surface area contributed by atoms with Crippen LogP contribution in [0, 0.1) is 0 Å². The number of halogens is 1. The number of nitrogens with two attached hydrogens (primary N) is 1. The van der Waals surface area contributed by atoms with Crippen LogP contribution in [-0.2, 0) is 5.54 Å². The van der Waals surface area contributed by atoms with Crippen molar-refractivity contribution in [1.29, 1.82) is 0 Å². The Kier molecular flexibility index (Phi) is 5.64. The highest BCUT2D eigenvalue weighted by Gasteiger charge is 2.17. The highest BCUT2D eigenvalue weighted by Crippen LogP contribution is 2.13. The average molecular weight is 261 g/mol. The van der Waals surface area contributed by atoms with E-state index in [9.17, 15) is 4.79 Å². The molecule has 0 fully saturated rings. The Labute approximate surface area is 108 Å². The maximum absolute atomic E-state index is 11.7. The van der Waals surface area contributed by atoms with Crippen LogP contribution in [0.3, 0.4) is 0 Å². The molecule has 1 aromatic heterocycles. The molecule has 98 valence electrons. The molecule has 1 heterocycles. The second kappa shape index (κ2) is 6.02. The van der Waals surface area contributed by atoms with Crippen molar-refractivity contribution in [2.75, 3.05) is 6.54 Å². The standard InChI is InChI=1S/C11H20N4O.ClH/c1-8(5-12)14-10(16)9-6-13-15(7-9)11(2,3)4;/h6-8H,5,12H2,1-4H3,(H,14,16);1H/t8-;/m0./s1. The third-order valence-electron chi connectivity index (χ3n) is 2.26. The molecule has 0 aliphatic rings. The number of carbonyl (C=O) groups is 1. The van der Waals surface area contributed by atoms with Crippen molar-refractivity contribution < 1.29 is 4.79 Å². The van der Waals surface area contributed by atoms with E-state index < -0.39 is 0 Å². The fourth-order valence-electron chi connectivity index (χ4n) is 1.17. The summed E-state index contributed by atoms with van der Waals surface area (Å²) in [7, 11) is 0. The largest absolute Gasteiger partial charge is 0.348 e. The maximum atomic E-state index is 11.7. The van der Waals surface area contributed by atoms with E-state index in [4.69, 9.17) is 5.73 Å². The molecule has 0 aliphatic carbocycles. The lowest BCUT2D eigenvalue weighted by atomic mass is 10.1. The second-order valence-corrected chi connectivity index (χ2v) is 4.95. The Morgan fingerprint density at radius 2 is 2.18 bits per heavy atom. The molecule has 0 radical (unpaired) electrons. The van der Waals surface area contributed by atoms with E-state index in [1.54, 1.807) is 17.1 Å². The van der Waals surface area contributed by atoms with E-state index in [1.807, 2.05) is 27.7 Å². The van der Waals surface area contributed by atoms with Crippen LogP contribution in [0.4, 0.5) is 0 Å². The predicted octanol–water partition coefficient (Wildman–Crippen LogP) is 1.14. The van der Waals surface area contributed by atoms with Gasteiger partial charge in [0.1, 0.15) is 0 Å². The normalized spacial score (nSPS) is 12.8. The third kappa shape index (κ3) is 4.36. The first kappa shape index (κ1) is 15.9. The van der Waals surface area contributed by atoms with Crippen LogP contribution in [0.15, 0.2) is 12.4 Å². The molecular weight excluding hydrogens is 240 g/mol. The van der Waals surface area contributed by atoms with Gasteiger partial charge in [0.05, 0.1) is 17.3 Å². The summed E-state index contributed by atoms with van der Waals surface area (Å²) in [6, 6.07) is -0.0227. The zero-order chi connectivity index (χ0) is 12.3. The van der Waals surface area contributed by atoms with Crippen LogP contribution in [0.1, 0.15) is 38.1 Å². The number of aromatic nitrogens is 2. The van der Waals surface area contributed by atoms with E-state index >= 15 is 0 Å². The number of hydrogen-bond donors (Lipinski definition) is 2. The van der Waals surface area contributed by atoms with Crippen LogP contribution >= 0.6 is 12.4 Å². The molecule has 17 heavy (non-hydrogen) atoms. The second-order valence-electron chi connectivity index (χ2n) is 4.95. The predicted molar refractivity (Wildman–Crippen MR) is 70.5 cm³/mol. The lowest BCUT2D eigenvalue weighted by Gasteiger charge is -2.18. The SMILES string of the molecule is C[C@@H](CN)NC(=O)c1cnn(C(C)(C)C)c1.Cl. The zero-order valence-corrected chi connectivity index (χ0v) is 11.5. The van der Waals surface area contributed by atoms with Gasteiger partial charge in [0, 0.05) is 18.8 Å². The van der Waals surface area contributed by atoms with Gasteiger partial charge in [-0.2, -0.15) is 5.10 Å². The van der Waals surface area contributed by atoms with Crippen LogP contribution in [-0.4, -0.2) is 28.3 Å². The zero-order valence-electron chi connectivity index (χ0n) is 10.7. The highest BCUT2D eigenvalue weighted by atomic mass is 35.5. The Balaban J connectivity index is 0.00000256. The van der Waals surface area contributed by atoms with Crippen LogP contribution in [0.5, 0.6) is 0 Å². The van der Waals surface area contributed by atoms with E-state index in [0.29, 0.717) is 12.1 Å². The van der Waals surface area contributed by atoms with E-state index in [2.05, 4.69) is 10.4 Å². The van der Waals surface area contributed by atoms with Crippen molar-refractivity contribution in [2.45, 2.75) is 39.3 Å². The van der Waals surface area contributed by atoms with Gasteiger partial charge in [-0.25, -0.2) is 0 Å². The minimum Gasteiger partial charge on any atom is -0.348 e. The van der Waals surface area contributed by atoms with Gasteiger partial charge in [-0.3, -0.25) is 9.48 Å². The molecule has 1 aromatic rings. The monoisotopic (exact) mass is 260 g/mol. The summed E-state index contributed by atoms with van der Waals surface area (Å²) < 4.78 is 1.77. The summed E-state index contributed by atoms with van der Waals surface area (Å²) >= 11 is 0. The quantitative estimate of drug-likeness (QED) is 0.856. The van der Waals surface area contributed by atoms with Crippen molar-refractivity contribution in [1.82, 2.24) is 15.1 Å². The molecule has 0 spiro atoms. The van der Waals surface area contributed by atoms with Gasteiger partial charge >= 0.3 is 0 Å². The van der Waals surface area contributed by atoms with Gasteiger partial charge < -0.3 is 11.1 Å². The molecular formula is C11H21ClN4O. The van der Waals surface area contributed by atoms with E-state index in [0.717, 1.165) is 0 Å². The Hall–Kier alpha value is -1.07. The smallest absolute Gasteiger partial charge is 0.254 e. The van der Waals surface area contributed by atoms with Gasteiger partial charge in [0.2, 0.25) is 0 Å². The summed E-state index contributed by atoms with van der Waals surface area (Å²) in [5.41, 5.74) is 5.89. The molecule has 0 saturated heterocycles. The number of amides is 1. The van der Waals surface area contributed by atoms with Crippen molar-refractivity contribution >= 4 is 18.3 Å². The lowest BCUT2D eigenvalue weighted by Crippen LogP contribution is -2.37. The molecule has 1 rings (SSSR count). The number of carbonyl (C=O) groups excluding carboxylic acids is 1. The van der Waals surface area contributed by atoms with Gasteiger partial charge in [0.25, 0.3) is 5.91 Å². The number of nitrogens with zero attached hydrogens (tertiary/aromatic N) is 2. The van der Waals surface area contributed by atoms with Crippen LogP contribution in [0.25, 0.3) is 0 Å². The molecule has 1 amide bonds. The first-order chi connectivity index (χ1) is 7.34. The molecule has 5 nitrogen and oxygen atoms in total. The fourth-order valence-corrected chi connectivity index (χ4v) is 1.17. The minimum atomic E-state index is -0.131. The maximum Gasteiger partial charge on any atom is 0.254 e. The number of hydrogen-bond acceptors (Lipinski definition) is 3. The Morgan fingerprint density at radius 3 is 2.59 bits per heavy atom. The van der Waals surface area contributed by atoms with E-state index in [1.165, 1.54) is 0 Å². The van der Waals surface area contributed by atoms with Crippen molar-refractivity contribution in [3.05, 3.63) is 18.0 Å². The minimum absolute atomic E-state index is 0. The average Bonchev–Trinajstić information content (AvgIpc) is 2.65. The first-order valence-corrected chi connectivity index (χ1v) is 5.40. The molecule has 3 N–H and O–H groups in total. The van der Waals surface area contributed by atoms with Crippen molar-refractivity contribution in [2.24, 2.45) is 5.73 Å². The fraction of sp³-hybridized carbons (Fsp3) is 0.636. The summed E-state index contributed by atoms with van der Waals surface area (Å²) in [6.45, 7) is 8.39. The molecule has 0 aromatic carbocycles. The van der Waals surface area contributed by atoms with Crippen molar-refractivity contribution in [3.63, 3.8) is 0 Å². The highest BCUT2D eigenvalue weighted by molar-refractivity contribution is 5.93. The lowest BCUT2D eigenvalue weighted by molar-refractivity contribution is 0.0941. The summed E-state index contributed by atoms with van der Waals surface area (Å²) in [4.78, 5) is 11.7. The topological polar surface area (TPSA) is 72.9 Å². The van der Waals surface area contributed by atoms with Gasteiger partial charge in [0.15, 0.2) is 0 Å². The molecule has 6 heteroatoms. The van der Waals surface area contributed by atoms with Crippen LogP contribution in [0.2, 0.25) is 0 Å². The summed E-state index contributed by atoms with van der Waals surface area (Å²) in [6.07, 6.45) is 3.32. The van der Waals surface area contributed by atoms with Gasteiger partial charge in [-0.1, -0.05) is 0 Å². The molecule has 0 aliphatic heterocycles. The number of rotatable bonds is 3. The van der Waals surface area contributed by atoms with Crippen LogP contribution < -0.4 is 11.1 Å². The number of nitrogens with one attached hydrogen (secondary N) is 1. The third-order valence-corrected chi connectivity index (χ3v) is 2.26. The van der Waals surface area contributed by atoms with E-state index in [-0.39, 0.29) is 29.9 Å². The van der Waals surface area contributed by atoms with Crippen molar-refractivity contribution in [3.8, 4) is 0 Å². The van der Waals surface area contributed by atoms with Gasteiger partial charge in [-0.05, 0) is 27.7 Å². The molecule has 0 unspecified atom stereocenters. The summed E-state index contributed by atoms with van der Waals surface area (Å²) in [5.74, 6) is -0.131. The first-order valence-electron chi connectivity index (χ1n) is 5.40.